The number of rotatable bonds is 3. The van der Waals surface area contributed by atoms with Crippen molar-refractivity contribution in [3.8, 4) is 0 Å². The number of pyridine rings is 2. The van der Waals surface area contributed by atoms with E-state index in [2.05, 4.69) is 15.3 Å². The van der Waals surface area contributed by atoms with Crippen LogP contribution in [0, 0.1) is 5.82 Å². The van der Waals surface area contributed by atoms with Crippen LogP contribution in [0.15, 0.2) is 60.8 Å². The summed E-state index contributed by atoms with van der Waals surface area (Å²) >= 11 is 5.75. The Morgan fingerprint density at radius 3 is 2.77 bits per heavy atom. The summed E-state index contributed by atoms with van der Waals surface area (Å²) in [6.07, 6.45) is 1.71. The van der Waals surface area contributed by atoms with E-state index in [0.717, 1.165) is 16.3 Å². The molecule has 0 saturated carbocycles. The lowest BCUT2D eigenvalue weighted by atomic mass is 10.1. The number of nitrogens with zero attached hydrogens (tertiary/aromatic N) is 2. The summed E-state index contributed by atoms with van der Waals surface area (Å²) in [4.78, 5) is 21.1. The predicted octanol–water partition coefficient (Wildman–Crippen LogP) is 4.51. The molecule has 0 aliphatic rings. The van der Waals surface area contributed by atoms with E-state index in [1.165, 1.54) is 6.07 Å². The highest BCUT2D eigenvalue weighted by Crippen LogP contribution is 2.21. The third-order valence-electron chi connectivity index (χ3n) is 4.12. The Balaban J connectivity index is 1.60. The van der Waals surface area contributed by atoms with Gasteiger partial charge in [-0.25, -0.2) is 9.37 Å². The van der Waals surface area contributed by atoms with E-state index in [0.29, 0.717) is 11.1 Å². The Bertz CT molecular complexity index is 1150. The van der Waals surface area contributed by atoms with Crippen LogP contribution in [-0.4, -0.2) is 15.9 Å². The number of amides is 1. The number of fused-ring (bicyclic) bond motifs is 2. The molecule has 6 heteroatoms. The lowest BCUT2D eigenvalue weighted by Gasteiger charge is -2.08. The molecule has 2 heterocycles. The maximum absolute atomic E-state index is 13.9. The molecule has 4 rings (SSSR count). The van der Waals surface area contributed by atoms with Crippen LogP contribution in [0.3, 0.4) is 0 Å². The topological polar surface area (TPSA) is 54.9 Å². The zero-order valence-electron chi connectivity index (χ0n) is 13.5. The van der Waals surface area contributed by atoms with E-state index in [-0.39, 0.29) is 23.2 Å². The smallest absolute Gasteiger partial charge is 0.270 e. The zero-order valence-corrected chi connectivity index (χ0v) is 14.3. The first kappa shape index (κ1) is 16.4. The average molecular weight is 366 g/mol. The maximum Gasteiger partial charge on any atom is 0.270 e. The van der Waals surface area contributed by atoms with E-state index in [1.54, 1.807) is 24.4 Å². The Labute approximate surface area is 153 Å². The van der Waals surface area contributed by atoms with Crippen LogP contribution in [-0.2, 0) is 6.54 Å². The number of hydrogen-bond donors (Lipinski definition) is 1. The number of carbonyl (C=O) groups excluding carboxylic acids is 1. The summed E-state index contributed by atoms with van der Waals surface area (Å²) in [5.74, 6) is -0.911. The van der Waals surface area contributed by atoms with Gasteiger partial charge in [-0.2, -0.15) is 0 Å². The van der Waals surface area contributed by atoms with Gasteiger partial charge in [0.1, 0.15) is 11.5 Å². The van der Waals surface area contributed by atoms with Crippen LogP contribution in [0.4, 0.5) is 4.39 Å². The van der Waals surface area contributed by atoms with Crippen molar-refractivity contribution in [1.29, 1.82) is 0 Å². The fraction of sp³-hybridized carbons (Fsp3) is 0.0500. The van der Waals surface area contributed by atoms with Gasteiger partial charge in [-0.3, -0.25) is 9.78 Å². The molecule has 4 aromatic rings. The van der Waals surface area contributed by atoms with Gasteiger partial charge in [-0.05, 0) is 30.3 Å². The first-order chi connectivity index (χ1) is 12.6. The van der Waals surface area contributed by atoms with Crippen molar-refractivity contribution in [2.75, 3.05) is 0 Å². The lowest BCUT2D eigenvalue weighted by Crippen LogP contribution is -2.24. The maximum atomic E-state index is 13.9. The molecular weight excluding hydrogens is 353 g/mol. The molecule has 2 aromatic heterocycles. The van der Waals surface area contributed by atoms with Crippen molar-refractivity contribution in [3.63, 3.8) is 0 Å². The number of benzene rings is 2. The van der Waals surface area contributed by atoms with Crippen LogP contribution in [0.2, 0.25) is 5.02 Å². The average Bonchev–Trinajstić information content (AvgIpc) is 2.66. The molecule has 0 bridgehead atoms. The van der Waals surface area contributed by atoms with Gasteiger partial charge in [0.2, 0.25) is 0 Å². The van der Waals surface area contributed by atoms with Crippen LogP contribution >= 0.6 is 11.6 Å². The van der Waals surface area contributed by atoms with E-state index in [1.807, 2.05) is 30.3 Å². The first-order valence-electron chi connectivity index (χ1n) is 7.98. The summed E-state index contributed by atoms with van der Waals surface area (Å²) < 4.78 is 13.9. The largest absolute Gasteiger partial charge is 0.347 e. The predicted molar refractivity (Wildman–Crippen MR) is 99.6 cm³/mol. The number of carbonyl (C=O) groups is 1. The second kappa shape index (κ2) is 6.69. The van der Waals surface area contributed by atoms with Crippen molar-refractivity contribution < 1.29 is 9.18 Å². The zero-order chi connectivity index (χ0) is 18.1. The van der Waals surface area contributed by atoms with Crippen LogP contribution < -0.4 is 5.32 Å². The molecule has 4 nitrogen and oxygen atoms in total. The third kappa shape index (κ3) is 3.09. The quantitative estimate of drug-likeness (QED) is 0.544. The molecule has 0 atom stereocenters. The molecular formula is C20H13ClFN3O. The van der Waals surface area contributed by atoms with Crippen LogP contribution in [0.25, 0.3) is 21.8 Å². The van der Waals surface area contributed by atoms with Gasteiger partial charge in [-0.1, -0.05) is 35.9 Å². The fourth-order valence-electron chi connectivity index (χ4n) is 2.77. The Morgan fingerprint density at radius 2 is 1.88 bits per heavy atom. The highest BCUT2D eigenvalue weighted by Gasteiger charge is 2.11. The molecule has 1 amide bonds. The minimum atomic E-state index is -0.529. The summed E-state index contributed by atoms with van der Waals surface area (Å²) in [5.41, 5.74) is 2.07. The van der Waals surface area contributed by atoms with Crippen molar-refractivity contribution in [3.05, 3.63) is 82.9 Å². The fourth-order valence-corrected chi connectivity index (χ4v) is 2.96. The van der Waals surface area contributed by atoms with Crippen LogP contribution in [0.1, 0.15) is 16.1 Å². The molecule has 2 aromatic carbocycles. The number of nitrogens with one attached hydrogen (secondary N) is 1. The van der Waals surface area contributed by atoms with Crippen LogP contribution in [0.5, 0.6) is 0 Å². The first-order valence-corrected chi connectivity index (χ1v) is 8.36. The normalized spacial score (nSPS) is 11.0. The van der Waals surface area contributed by atoms with Gasteiger partial charge in [0.15, 0.2) is 0 Å². The highest BCUT2D eigenvalue weighted by molar-refractivity contribution is 6.30. The van der Waals surface area contributed by atoms with E-state index < -0.39 is 5.82 Å². The second-order valence-electron chi connectivity index (χ2n) is 5.83. The number of hydrogen-bond acceptors (Lipinski definition) is 3. The molecule has 0 fully saturated rings. The van der Waals surface area contributed by atoms with E-state index in [9.17, 15) is 9.18 Å². The van der Waals surface area contributed by atoms with Gasteiger partial charge >= 0.3 is 0 Å². The monoisotopic (exact) mass is 365 g/mol. The van der Waals surface area contributed by atoms with Crippen molar-refractivity contribution >= 4 is 39.3 Å². The van der Waals surface area contributed by atoms with Crippen molar-refractivity contribution in [1.82, 2.24) is 15.3 Å². The Hall–Kier alpha value is -3.05. The molecule has 0 unspecified atom stereocenters. The van der Waals surface area contributed by atoms with E-state index >= 15 is 0 Å². The lowest BCUT2D eigenvalue weighted by molar-refractivity contribution is 0.0946. The molecule has 0 radical (unpaired) electrons. The second-order valence-corrected chi connectivity index (χ2v) is 6.24. The molecule has 0 saturated heterocycles. The summed E-state index contributed by atoms with van der Waals surface area (Å²) in [6.45, 7) is 0.0320. The summed E-state index contributed by atoms with van der Waals surface area (Å²) in [7, 11) is 0. The number of aromatic nitrogens is 2. The Morgan fingerprint density at radius 1 is 1.04 bits per heavy atom. The van der Waals surface area contributed by atoms with E-state index in [4.69, 9.17) is 11.6 Å². The molecule has 26 heavy (non-hydrogen) atoms. The van der Waals surface area contributed by atoms with Crippen molar-refractivity contribution in [2.24, 2.45) is 0 Å². The minimum Gasteiger partial charge on any atom is -0.347 e. The standard InChI is InChI=1S/C20H13ClFN3O/c21-15-5-1-3-14(19(15)22)11-24-20(26)16-7-6-13-9-12-4-2-8-23-17(12)10-18(13)25-16/h1-10H,11H2,(H,24,26). The highest BCUT2D eigenvalue weighted by atomic mass is 35.5. The van der Waals surface area contributed by atoms with Gasteiger partial charge in [0.05, 0.1) is 16.1 Å². The third-order valence-corrected chi connectivity index (χ3v) is 4.41. The molecule has 0 aliphatic heterocycles. The molecule has 0 spiro atoms. The molecule has 1 N–H and O–H groups in total. The Kier molecular flexibility index (Phi) is 4.22. The minimum absolute atomic E-state index is 0.0277. The van der Waals surface area contributed by atoms with Gasteiger partial charge in [0.25, 0.3) is 5.91 Å². The SMILES string of the molecule is O=C(NCc1cccc(Cl)c1F)c1ccc2cc3cccnc3cc2n1. The van der Waals surface area contributed by atoms with Gasteiger partial charge in [0, 0.05) is 29.1 Å². The molecule has 128 valence electrons. The van der Waals surface area contributed by atoms with Gasteiger partial charge < -0.3 is 5.32 Å². The van der Waals surface area contributed by atoms with Crippen molar-refractivity contribution in [2.45, 2.75) is 6.54 Å². The summed E-state index contributed by atoms with van der Waals surface area (Å²) in [5, 5.41) is 4.63. The molecule has 0 aliphatic carbocycles. The van der Waals surface area contributed by atoms with Gasteiger partial charge in [-0.15, -0.1) is 0 Å². The number of halogens is 2. The summed E-state index contributed by atoms with van der Waals surface area (Å²) in [6, 6.07) is 15.8.